The Morgan fingerprint density at radius 3 is 2.70 bits per heavy atom. The second kappa shape index (κ2) is 6.77. The molecule has 2 aromatic rings. The summed E-state index contributed by atoms with van der Waals surface area (Å²) in [6.45, 7) is 2.79. The number of carbonyl (C=O) groups excluding carboxylic acids is 1. The van der Waals surface area contributed by atoms with E-state index in [-0.39, 0.29) is 18.5 Å². The molecule has 0 bridgehead atoms. The van der Waals surface area contributed by atoms with Crippen molar-refractivity contribution in [3.05, 3.63) is 47.1 Å². The molecule has 1 aliphatic heterocycles. The third-order valence-electron chi connectivity index (χ3n) is 4.25. The van der Waals surface area contributed by atoms with Gasteiger partial charge in [-0.15, -0.1) is 0 Å². The largest absolute Gasteiger partial charge is 0.462 e. The summed E-state index contributed by atoms with van der Waals surface area (Å²) in [7, 11) is 0. The van der Waals surface area contributed by atoms with E-state index in [9.17, 15) is 9.90 Å². The first-order valence-electron chi connectivity index (χ1n) is 7.82. The quantitative estimate of drug-likeness (QED) is 0.870. The Balaban J connectivity index is 1.74. The minimum atomic E-state index is -0.581. The summed E-state index contributed by atoms with van der Waals surface area (Å²) in [6, 6.07) is 11.9. The number of aliphatic hydroxyl groups excluding tert-OH is 1. The molecule has 122 valence electrons. The lowest BCUT2D eigenvalue weighted by Crippen LogP contribution is -2.33. The van der Waals surface area contributed by atoms with E-state index in [1.165, 1.54) is 0 Å². The van der Waals surface area contributed by atoms with Gasteiger partial charge in [0.1, 0.15) is 6.10 Å². The van der Waals surface area contributed by atoms with E-state index >= 15 is 0 Å². The highest BCUT2D eigenvalue weighted by molar-refractivity contribution is 6.30. The Kier molecular flexibility index (Phi) is 4.74. The van der Waals surface area contributed by atoms with Crippen LogP contribution in [0.4, 0.5) is 0 Å². The molecule has 0 amide bonds. The standard InChI is InChI=1S/C18H20ClNO3/c1-12-2-7-17(13-3-5-14(19)6-4-13)20(12)9-8-16-10-15(21)11-18(22)23-16/h2-7,15-16,21H,8-11H2,1H3/t15-,16-/m1/s1. The zero-order valence-electron chi connectivity index (χ0n) is 13.0. The minimum absolute atomic E-state index is 0.106. The van der Waals surface area contributed by atoms with Gasteiger partial charge in [0.2, 0.25) is 0 Å². The smallest absolute Gasteiger partial charge is 0.308 e. The molecule has 1 saturated heterocycles. The molecule has 1 aliphatic rings. The number of esters is 1. The lowest BCUT2D eigenvalue weighted by Gasteiger charge is -2.26. The number of ether oxygens (including phenoxy) is 1. The van der Waals surface area contributed by atoms with Crippen LogP contribution in [-0.2, 0) is 16.1 Å². The van der Waals surface area contributed by atoms with Gasteiger partial charge in [-0.05, 0) is 36.8 Å². The van der Waals surface area contributed by atoms with Gasteiger partial charge in [-0.3, -0.25) is 4.79 Å². The van der Waals surface area contributed by atoms with Gasteiger partial charge in [-0.1, -0.05) is 23.7 Å². The Hall–Kier alpha value is -1.78. The molecule has 2 heterocycles. The maximum atomic E-state index is 11.4. The van der Waals surface area contributed by atoms with E-state index in [0.29, 0.717) is 17.9 Å². The number of hydrogen-bond acceptors (Lipinski definition) is 3. The SMILES string of the molecule is Cc1ccc(-c2ccc(Cl)cc2)n1CC[C@@H]1C[C@@H](O)CC(=O)O1. The molecule has 0 unspecified atom stereocenters. The van der Waals surface area contributed by atoms with E-state index in [1.807, 2.05) is 24.3 Å². The second-order valence-electron chi connectivity index (χ2n) is 6.01. The first-order valence-corrected chi connectivity index (χ1v) is 8.20. The third-order valence-corrected chi connectivity index (χ3v) is 4.50. The van der Waals surface area contributed by atoms with Crippen LogP contribution in [0.5, 0.6) is 0 Å². The topological polar surface area (TPSA) is 51.5 Å². The van der Waals surface area contributed by atoms with Crippen LogP contribution in [0.3, 0.4) is 0 Å². The van der Waals surface area contributed by atoms with Gasteiger partial charge in [0, 0.05) is 35.8 Å². The Labute approximate surface area is 140 Å². The average Bonchev–Trinajstić information content (AvgIpc) is 2.86. The molecule has 1 aromatic heterocycles. The molecule has 5 heteroatoms. The van der Waals surface area contributed by atoms with Crippen molar-refractivity contribution < 1.29 is 14.6 Å². The maximum absolute atomic E-state index is 11.4. The van der Waals surface area contributed by atoms with Crippen molar-refractivity contribution in [1.82, 2.24) is 4.57 Å². The predicted molar refractivity (Wildman–Crippen MR) is 89.4 cm³/mol. The van der Waals surface area contributed by atoms with Crippen molar-refractivity contribution >= 4 is 17.6 Å². The molecule has 2 atom stereocenters. The summed E-state index contributed by atoms with van der Waals surface area (Å²) < 4.78 is 7.53. The number of benzene rings is 1. The van der Waals surface area contributed by atoms with E-state index in [0.717, 1.165) is 23.5 Å². The molecule has 0 spiro atoms. The highest BCUT2D eigenvalue weighted by Gasteiger charge is 2.27. The fourth-order valence-electron chi connectivity index (χ4n) is 3.05. The van der Waals surface area contributed by atoms with E-state index < -0.39 is 6.10 Å². The van der Waals surface area contributed by atoms with Crippen LogP contribution in [0.15, 0.2) is 36.4 Å². The Morgan fingerprint density at radius 2 is 2.00 bits per heavy atom. The van der Waals surface area contributed by atoms with E-state index in [2.05, 4.69) is 23.6 Å². The molecule has 3 rings (SSSR count). The molecule has 23 heavy (non-hydrogen) atoms. The van der Waals surface area contributed by atoms with Crippen LogP contribution in [0.25, 0.3) is 11.3 Å². The summed E-state index contributed by atoms with van der Waals surface area (Å²) in [5.74, 6) is -0.309. The van der Waals surface area contributed by atoms with E-state index in [1.54, 1.807) is 0 Å². The second-order valence-corrected chi connectivity index (χ2v) is 6.45. The molecule has 0 radical (unpaired) electrons. The minimum Gasteiger partial charge on any atom is -0.462 e. The summed E-state index contributed by atoms with van der Waals surface area (Å²) in [6.07, 6.45) is 0.518. The lowest BCUT2D eigenvalue weighted by molar-refractivity contribution is -0.160. The molecule has 4 nitrogen and oxygen atoms in total. The van der Waals surface area contributed by atoms with Gasteiger partial charge in [0.25, 0.3) is 0 Å². The number of hydrogen-bond donors (Lipinski definition) is 1. The summed E-state index contributed by atoms with van der Waals surface area (Å²) in [5.41, 5.74) is 3.36. The van der Waals surface area contributed by atoms with Crippen LogP contribution >= 0.6 is 11.6 Å². The molecular weight excluding hydrogens is 314 g/mol. The third kappa shape index (κ3) is 3.77. The molecule has 1 aromatic carbocycles. The number of aliphatic hydroxyl groups is 1. The van der Waals surface area contributed by atoms with Gasteiger partial charge in [0.15, 0.2) is 0 Å². The summed E-state index contributed by atoms with van der Waals surface area (Å²) >= 11 is 5.96. The Bertz CT molecular complexity index is 693. The van der Waals surface area contributed by atoms with Gasteiger partial charge in [-0.2, -0.15) is 0 Å². The highest BCUT2D eigenvalue weighted by atomic mass is 35.5. The zero-order valence-corrected chi connectivity index (χ0v) is 13.8. The van der Waals surface area contributed by atoms with Crippen molar-refractivity contribution in [2.24, 2.45) is 0 Å². The summed E-state index contributed by atoms with van der Waals surface area (Å²) in [4.78, 5) is 11.4. The van der Waals surface area contributed by atoms with Crippen molar-refractivity contribution in [3.8, 4) is 11.3 Å². The number of nitrogens with zero attached hydrogens (tertiary/aromatic N) is 1. The number of aryl methyl sites for hydroxylation is 1. The van der Waals surface area contributed by atoms with Gasteiger partial charge in [-0.25, -0.2) is 0 Å². The molecular formula is C18H20ClNO3. The van der Waals surface area contributed by atoms with Crippen molar-refractivity contribution in [2.75, 3.05) is 0 Å². The first kappa shape index (κ1) is 16.1. The number of rotatable bonds is 4. The van der Waals surface area contributed by atoms with Crippen LogP contribution in [0.1, 0.15) is 25.0 Å². The van der Waals surface area contributed by atoms with Crippen LogP contribution in [0, 0.1) is 6.92 Å². The predicted octanol–water partition coefficient (Wildman–Crippen LogP) is 3.57. The Morgan fingerprint density at radius 1 is 1.26 bits per heavy atom. The van der Waals surface area contributed by atoms with Crippen molar-refractivity contribution in [3.63, 3.8) is 0 Å². The molecule has 1 fully saturated rings. The molecule has 0 saturated carbocycles. The van der Waals surface area contributed by atoms with Crippen LogP contribution in [0.2, 0.25) is 5.02 Å². The normalized spacial score (nSPS) is 21.3. The monoisotopic (exact) mass is 333 g/mol. The number of halogens is 1. The fraction of sp³-hybridized carbons (Fsp3) is 0.389. The molecule has 1 N–H and O–H groups in total. The average molecular weight is 334 g/mol. The van der Waals surface area contributed by atoms with Crippen molar-refractivity contribution in [1.29, 1.82) is 0 Å². The van der Waals surface area contributed by atoms with Gasteiger partial charge < -0.3 is 14.4 Å². The summed E-state index contributed by atoms with van der Waals surface area (Å²) in [5, 5.41) is 10.4. The fourth-order valence-corrected chi connectivity index (χ4v) is 3.18. The number of aromatic nitrogens is 1. The van der Waals surface area contributed by atoms with Gasteiger partial charge in [0.05, 0.1) is 12.5 Å². The van der Waals surface area contributed by atoms with E-state index in [4.69, 9.17) is 16.3 Å². The maximum Gasteiger partial charge on any atom is 0.308 e. The molecule has 0 aliphatic carbocycles. The first-order chi connectivity index (χ1) is 11.0. The number of cyclic esters (lactones) is 1. The van der Waals surface area contributed by atoms with Gasteiger partial charge >= 0.3 is 5.97 Å². The van der Waals surface area contributed by atoms with Crippen molar-refractivity contribution in [2.45, 2.75) is 44.9 Å². The van der Waals surface area contributed by atoms with Crippen LogP contribution < -0.4 is 0 Å². The lowest BCUT2D eigenvalue weighted by atomic mass is 10.0. The van der Waals surface area contributed by atoms with Crippen LogP contribution in [-0.4, -0.2) is 27.9 Å². The highest BCUT2D eigenvalue weighted by Crippen LogP contribution is 2.26. The zero-order chi connectivity index (χ0) is 16.4. The number of carbonyl (C=O) groups is 1.